The van der Waals surface area contributed by atoms with Crippen LogP contribution < -0.4 is 16.0 Å². The van der Waals surface area contributed by atoms with Crippen LogP contribution in [0.15, 0.2) is 54.7 Å². The fourth-order valence-corrected chi connectivity index (χ4v) is 8.02. The van der Waals surface area contributed by atoms with Crippen molar-refractivity contribution in [3.05, 3.63) is 66.0 Å². The minimum atomic E-state index is 0.0847. The highest BCUT2D eigenvalue weighted by atomic mass is 16.5. The Labute approximate surface area is 320 Å². The third-order valence-corrected chi connectivity index (χ3v) is 10.9. The summed E-state index contributed by atoms with van der Waals surface area (Å²) in [7, 11) is 3.70. The topological polar surface area (TPSA) is 76.7 Å². The molecule has 4 fully saturated rings. The highest BCUT2D eigenvalue weighted by Gasteiger charge is 2.31. The Kier molecular flexibility index (Phi) is 26.2. The molecule has 1 saturated carbocycles. The second kappa shape index (κ2) is 29.5. The molecule has 3 aliphatic heterocycles. The maximum Gasteiger partial charge on any atom is 0.115 e. The molecule has 1 aromatic heterocycles. The molecule has 0 bridgehead atoms. The van der Waals surface area contributed by atoms with E-state index in [1.165, 1.54) is 102 Å². The minimum Gasteiger partial charge on any atom is -0.380 e. The standard InChI is InChI=1S/C15H24N2O.C13H25NO.C13H19NO.2C2H6/c1-3-12(2)18-15(13-8-4-6-10-16-13)14-9-5-7-11-17-14;2*1-15-13(11-7-3-2-4-8-11)12-9-5-6-10-14-12;2*1-2/h4,6,8,10,12,14-15,17H,3,5,7,9,11H2,1-2H3;11-14H,2-10H2,1H3;2-4,7-8,12-14H,5-6,9-10H2,1H3;2*1-2H3. The zero-order chi connectivity index (χ0) is 37.8. The van der Waals surface area contributed by atoms with Gasteiger partial charge in [-0.05, 0) is 108 Å². The molecule has 4 aliphatic rings. The van der Waals surface area contributed by atoms with Crippen molar-refractivity contribution in [1.29, 1.82) is 0 Å². The van der Waals surface area contributed by atoms with Gasteiger partial charge in [-0.2, -0.15) is 0 Å². The average Bonchev–Trinajstić information content (AvgIpc) is 3.24. The van der Waals surface area contributed by atoms with Crippen LogP contribution in [0.1, 0.15) is 161 Å². The molecule has 298 valence electrons. The van der Waals surface area contributed by atoms with Crippen LogP contribution in [-0.2, 0) is 14.2 Å². The largest absolute Gasteiger partial charge is 0.380 e. The Hall–Kier alpha value is -1.87. The first-order valence-corrected chi connectivity index (χ1v) is 21.5. The zero-order valence-corrected chi connectivity index (χ0v) is 34.7. The number of methoxy groups -OCH3 is 2. The molecular weight excluding hydrogens is 645 g/mol. The van der Waals surface area contributed by atoms with Gasteiger partial charge in [0.2, 0.25) is 0 Å². The molecule has 7 unspecified atom stereocenters. The molecule has 0 spiro atoms. The lowest BCUT2D eigenvalue weighted by Gasteiger charge is -2.37. The third kappa shape index (κ3) is 16.7. The number of pyridine rings is 1. The number of hydrogen-bond acceptors (Lipinski definition) is 7. The smallest absolute Gasteiger partial charge is 0.115 e. The number of hydrogen-bond donors (Lipinski definition) is 3. The average molecular weight is 725 g/mol. The monoisotopic (exact) mass is 725 g/mol. The van der Waals surface area contributed by atoms with Crippen molar-refractivity contribution in [2.75, 3.05) is 33.9 Å². The van der Waals surface area contributed by atoms with Crippen LogP contribution >= 0.6 is 0 Å². The zero-order valence-electron chi connectivity index (χ0n) is 34.7. The summed E-state index contributed by atoms with van der Waals surface area (Å²) in [5, 5.41) is 10.8. The summed E-state index contributed by atoms with van der Waals surface area (Å²) in [6, 6.07) is 18.1. The molecule has 6 rings (SSSR count). The van der Waals surface area contributed by atoms with E-state index in [0.717, 1.165) is 31.1 Å². The fourth-order valence-electron chi connectivity index (χ4n) is 8.02. The summed E-state index contributed by atoms with van der Waals surface area (Å²) in [6.45, 7) is 15.7. The second-order valence-corrected chi connectivity index (χ2v) is 14.4. The van der Waals surface area contributed by atoms with E-state index >= 15 is 0 Å². The summed E-state index contributed by atoms with van der Waals surface area (Å²) in [5.41, 5.74) is 2.33. The van der Waals surface area contributed by atoms with Crippen LogP contribution in [0.5, 0.6) is 0 Å². The third-order valence-electron chi connectivity index (χ3n) is 10.9. The van der Waals surface area contributed by atoms with Crippen molar-refractivity contribution < 1.29 is 14.2 Å². The number of ether oxygens (including phenoxy) is 3. The summed E-state index contributed by atoms with van der Waals surface area (Å²) in [4.78, 5) is 4.48. The molecule has 52 heavy (non-hydrogen) atoms. The lowest BCUT2D eigenvalue weighted by atomic mass is 9.81. The first kappa shape index (κ1) is 46.3. The molecule has 4 heterocycles. The SMILES string of the molecule is CC.CC.CCC(C)OC(c1ccccn1)C1CCCCN1.COC(C1CCCCC1)C1CCCCN1.COC(c1ccccc1)C1CCCCN1. The van der Waals surface area contributed by atoms with Gasteiger partial charge in [-0.15, -0.1) is 0 Å². The molecule has 7 atom stereocenters. The lowest BCUT2D eigenvalue weighted by molar-refractivity contribution is -0.0330. The van der Waals surface area contributed by atoms with Crippen LogP contribution in [0, 0.1) is 5.92 Å². The molecule has 7 nitrogen and oxygen atoms in total. The summed E-state index contributed by atoms with van der Waals surface area (Å²) in [5.74, 6) is 0.819. The van der Waals surface area contributed by atoms with E-state index in [4.69, 9.17) is 14.2 Å². The van der Waals surface area contributed by atoms with Gasteiger partial charge in [0.15, 0.2) is 0 Å². The number of piperidine rings is 3. The van der Waals surface area contributed by atoms with Crippen LogP contribution in [0.3, 0.4) is 0 Å². The first-order chi connectivity index (χ1) is 25.6. The van der Waals surface area contributed by atoms with Gasteiger partial charge in [-0.3, -0.25) is 4.98 Å². The molecule has 0 amide bonds. The summed E-state index contributed by atoms with van der Waals surface area (Å²) in [6.07, 6.45) is 22.6. The van der Waals surface area contributed by atoms with Crippen molar-refractivity contribution in [2.24, 2.45) is 5.92 Å². The van der Waals surface area contributed by atoms with Crippen LogP contribution in [0.25, 0.3) is 0 Å². The number of rotatable bonds is 11. The predicted molar refractivity (Wildman–Crippen MR) is 221 cm³/mol. The van der Waals surface area contributed by atoms with E-state index in [2.05, 4.69) is 65.1 Å². The van der Waals surface area contributed by atoms with Gasteiger partial charge in [-0.1, -0.05) is 110 Å². The van der Waals surface area contributed by atoms with Crippen molar-refractivity contribution in [3.8, 4) is 0 Å². The molecule has 2 aromatic rings. The minimum absolute atomic E-state index is 0.0847. The fraction of sp³-hybridized carbons (Fsp3) is 0.756. The number of nitrogens with zero attached hydrogens (tertiary/aromatic N) is 1. The second-order valence-electron chi connectivity index (χ2n) is 14.4. The molecule has 3 N–H and O–H groups in total. The van der Waals surface area contributed by atoms with Crippen LogP contribution in [0.2, 0.25) is 0 Å². The van der Waals surface area contributed by atoms with Gasteiger partial charge < -0.3 is 30.2 Å². The number of nitrogens with one attached hydrogen (secondary N) is 3. The van der Waals surface area contributed by atoms with Gasteiger partial charge in [0.05, 0.1) is 24.0 Å². The predicted octanol–water partition coefficient (Wildman–Crippen LogP) is 10.4. The van der Waals surface area contributed by atoms with Gasteiger partial charge in [0.1, 0.15) is 6.10 Å². The van der Waals surface area contributed by atoms with Gasteiger partial charge in [-0.25, -0.2) is 0 Å². The van der Waals surface area contributed by atoms with Crippen molar-refractivity contribution in [1.82, 2.24) is 20.9 Å². The highest BCUT2D eigenvalue weighted by molar-refractivity contribution is 5.19. The Bertz CT molecular complexity index is 1030. The Morgan fingerprint density at radius 3 is 1.60 bits per heavy atom. The molecule has 3 saturated heterocycles. The first-order valence-electron chi connectivity index (χ1n) is 21.5. The Balaban J connectivity index is 0.000000259. The van der Waals surface area contributed by atoms with E-state index in [1.54, 1.807) is 7.11 Å². The molecular formula is C45H80N4O3. The molecule has 0 radical (unpaired) electrons. The molecule has 1 aliphatic carbocycles. The maximum atomic E-state index is 6.20. The van der Waals surface area contributed by atoms with Crippen LogP contribution in [-0.4, -0.2) is 69.2 Å². The van der Waals surface area contributed by atoms with E-state index in [9.17, 15) is 0 Å². The van der Waals surface area contributed by atoms with Crippen molar-refractivity contribution in [2.45, 2.75) is 180 Å². The lowest BCUT2D eigenvalue weighted by Crippen LogP contribution is -2.47. The maximum absolute atomic E-state index is 6.20. The Morgan fingerprint density at radius 1 is 0.615 bits per heavy atom. The molecule has 1 aromatic carbocycles. The van der Waals surface area contributed by atoms with Gasteiger partial charge in [0, 0.05) is 38.5 Å². The van der Waals surface area contributed by atoms with Gasteiger partial charge in [0.25, 0.3) is 0 Å². The van der Waals surface area contributed by atoms with Crippen molar-refractivity contribution in [3.63, 3.8) is 0 Å². The molecule has 7 heteroatoms. The van der Waals surface area contributed by atoms with Crippen LogP contribution in [0.4, 0.5) is 0 Å². The van der Waals surface area contributed by atoms with E-state index < -0.39 is 0 Å². The van der Waals surface area contributed by atoms with Gasteiger partial charge >= 0.3 is 0 Å². The highest BCUT2D eigenvalue weighted by Crippen LogP contribution is 2.31. The van der Waals surface area contributed by atoms with E-state index in [1.807, 2.05) is 59.2 Å². The number of aromatic nitrogens is 1. The summed E-state index contributed by atoms with van der Waals surface area (Å²) >= 11 is 0. The number of benzene rings is 1. The van der Waals surface area contributed by atoms with Crippen molar-refractivity contribution >= 4 is 0 Å². The summed E-state index contributed by atoms with van der Waals surface area (Å²) < 4.78 is 17.6. The normalized spacial score (nSPS) is 24.3. The van der Waals surface area contributed by atoms with E-state index in [-0.39, 0.29) is 18.3 Å². The van der Waals surface area contributed by atoms with E-state index in [0.29, 0.717) is 24.2 Å². The Morgan fingerprint density at radius 2 is 1.13 bits per heavy atom. The quantitative estimate of drug-likeness (QED) is 0.213.